The van der Waals surface area contributed by atoms with E-state index in [2.05, 4.69) is 17.0 Å². The van der Waals surface area contributed by atoms with Gasteiger partial charge in [0.1, 0.15) is 0 Å². The second-order valence-electron chi connectivity index (χ2n) is 6.63. The fraction of sp³-hybridized carbons (Fsp3) is 0.0435. The molecule has 30 heavy (non-hydrogen) atoms. The molecule has 0 spiro atoms. The molecule has 0 unspecified atom stereocenters. The van der Waals surface area contributed by atoms with Gasteiger partial charge < -0.3 is 5.32 Å². The van der Waals surface area contributed by atoms with Crippen LogP contribution in [-0.4, -0.2) is 15.7 Å². The van der Waals surface area contributed by atoms with Gasteiger partial charge in [0.25, 0.3) is 0 Å². The van der Waals surface area contributed by atoms with Gasteiger partial charge in [-0.2, -0.15) is 18.3 Å². The van der Waals surface area contributed by atoms with Gasteiger partial charge in [-0.15, -0.1) is 0 Å². The van der Waals surface area contributed by atoms with Gasteiger partial charge in [-0.3, -0.25) is 4.79 Å². The number of rotatable bonds is 4. The first-order valence-electron chi connectivity index (χ1n) is 9.05. The van der Waals surface area contributed by atoms with Crippen molar-refractivity contribution in [1.82, 2.24) is 9.78 Å². The van der Waals surface area contributed by atoms with Gasteiger partial charge in [0.2, 0.25) is 5.91 Å². The zero-order chi connectivity index (χ0) is 21.3. The second kappa shape index (κ2) is 7.51. The van der Waals surface area contributed by atoms with E-state index in [1.807, 2.05) is 6.07 Å². The molecule has 0 bridgehead atoms. The summed E-state index contributed by atoms with van der Waals surface area (Å²) in [4.78, 5) is 11.5. The van der Waals surface area contributed by atoms with Crippen molar-refractivity contribution in [1.29, 1.82) is 0 Å². The lowest BCUT2D eigenvalue weighted by molar-refractivity contribution is -0.137. The van der Waals surface area contributed by atoms with Crippen LogP contribution in [0.15, 0.2) is 85.6 Å². The molecule has 0 saturated carbocycles. The molecule has 0 atom stereocenters. The van der Waals surface area contributed by atoms with Crippen LogP contribution in [0.2, 0.25) is 0 Å². The van der Waals surface area contributed by atoms with E-state index in [0.717, 1.165) is 11.5 Å². The third-order valence-corrected chi connectivity index (χ3v) is 4.61. The number of nitrogens with zero attached hydrogens (tertiary/aromatic N) is 2. The number of hydrogen-bond acceptors (Lipinski definition) is 2. The number of aromatic nitrogens is 2. The molecule has 0 fully saturated rings. The largest absolute Gasteiger partial charge is 0.417 e. The molecule has 1 N–H and O–H groups in total. The molecule has 4 aromatic rings. The zero-order valence-corrected chi connectivity index (χ0v) is 15.6. The van der Waals surface area contributed by atoms with Crippen molar-refractivity contribution in [3.63, 3.8) is 0 Å². The molecule has 0 saturated heterocycles. The third-order valence-electron chi connectivity index (χ3n) is 4.61. The summed E-state index contributed by atoms with van der Waals surface area (Å²) in [5.74, 6) is -0.328. The smallest absolute Gasteiger partial charge is 0.322 e. The number of benzene rings is 3. The topological polar surface area (TPSA) is 46.9 Å². The van der Waals surface area contributed by atoms with E-state index in [-0.39, 0.29) is 11.5 Å². The summed E-state index contributed by atoms with van der Waals surface area (Å²) >= 11 is 0. The first-order valence-corrected chi connectivity index (χ1v) is 9.05. The summed E-state index contributed by atoms with van der Waals surface area (Å²) in [5, 5.41) is 7.97. The van der Waals surface area contributed by atoms with Crippen molar-refractivity contribution in [2.75, 3.05) is 5.32 Å². The minimum Gasteiger partial charge on any atom is -0.322 e. The van der Waals surface area contributed by atoms with Crippen molar-refractivity contribution < 1.29 is 18.0 Å². The monoisotopic (exact) mass is 407 g/mol. The van der Waals surface area contributed by atoms with Crippen LogP contribution in [0, 0.1) is 0 Å². The van der Waals surface area contributed by atoms with Crippen molar-refractivity contribution >= 4 is 22.5 Å². The van der Waals surface area contributed by atoms with Gasteiger partial charge in [-0.05, 0) is 47.5 Å². The molecule has 4 nitrogen and oxygen atoms in total. The Balaban J connectivity index is 1.74. The second-order valence-corrected chi connectivity index (χ2v) is 6.63. The van der Waals surface area contributed by atoms with Crippen LogP contribution in [0.5, 0.6) is 0 Å². The highest BCUT2D eigenvalue weighted by Gasteiger charge is 2.33. The van der Waals surface area contributed by atoms with Crippen molar-refractivity contribution in [2.24, 2.45) is 0 Å². The highest BCUT2D eigenvalue weighted by atomic mass is 19.4. The van der Waals surface area contributed by atoms with E-state index in [1.165, 1.54) is 18.2 Å². The van der Waals surface area contributed by atoms with Crippen molar-refractivity contribution in [3.05, 3.63) is 91.1 Å². The summed E-state index contributed by atoms with van der Waals surface area (Å²) < 4.78 is 41.7. The zero-order valence-electron chi connectivity index (χ0n) is 15.6. The number of halogens is 3. The van der Waals surface area contributed by atoms with E-state index in [9.17, 15) is 18.0 Å². The van der Waals surface area contributed by atoms with Crippen molar-refractivity contribution in [3.8, 4) is 16.8 Å². The van der Waals surface area contributed by atoms with Crippen molar-refractivity contribution in [2.45, 2.75) is 6.18 Å². The lowest BCUT2D eigenvalue weighted by Gasteiger charge is -2.12. The fourth-order valence-corrected chi connectivity index (χ4v) is 3.22. The molecule has 0 aliphatic carbocycles. The molecule has 150 valence electrons. The Morgan fingerprint density at radius 2 is 1.83 bits per heavy atom. The van der Waals surface area contributed by atoms with Gasteiger partial charge >= 0.3 is 6.18 Å². The average Bonchev–Trinajstić information content (AvgIpc) is 3.16. The summed E-state index contributed by atoms with van der Waals surface area (Å²) in [7, 11) is 0. The molecule has 0 aliphatic rings. The SMILES string of the molecule is C=CC(=O)Nc1cccc(-n2cc3ccc(-c4ccccc4C(F)(F)F)cc3n2)c1. The molecule has 4 rings (SSSR count). The Morgan fingerprint density at radius 1 is 1.03 bits per heavy atom. The van der Waals surface area contributed by atoms with E-state index >= 15 is 0 Å². The Kier molecular flexibility index (Phi) is 4.87. The number of alkyl halides is 3. The van der Waals surface area contributed by atoms with Crippen LogP contribution in [0.1, 0.15) is 5.56 Å². The maximum absolute atomic E-state index is 13.4. The summed E-state index contributed by atoms with van der Waals surface area (Å²) in [6.45, 7) is 3.42. The lowest BCUT2D eigenvalue weighted by Crippen LogP contribution is -2.07. The predicted molar refractivity (Wildman–Crippen MR) is 110 cm³/mol. The molecular weight excluding hydrogens is 391 g/mol. The van der Waals surface area contributed by atoms with Crippen LogP contribution in [0.25, 0.3) is 27.7 Å². The highest BCUT2D eigenvalue weighted by Crippen LogP contribution is 2.37. The first-order chi connectivity index (χ1) is 14.3. The minimum absolute atomic E-state index is 0.107. The van der Waals surface area contributed by atoms with Gasteiger partial charge in [0, 0.05) is 17.3 Å². The quantitative estimate of drug-likeness (QED) is 0.432. The number of nitrogens with one attached hydrogen (secondary N) is 1. The molecular formula is C23H16F3N3O. The maximum Gasteiger partial charge on any atom is 0.417 e. The van der Waals surface area contributed by atoms with E-state index in [0.29, 0.717) is 22.5 Å². The summed E-state index contributed by atoms with van der Waals surface area (Å²) in [6, 6.07) is 17.6. The summed E-state index contributed by atoms with van der Waals surface area (Å²) in [6.07, 6.45) is -1.49. The van der Waals surface area contributed by atoms with Gasteiger partial charge in [-0.25, -0.2) is 4.68 Å². The summed E-state index contributed by atoms with van der Waals surface area (Å²) in [5.41, 5.74) is 1.70. The van der Waals surface area contributed by atoms with Crippen LogP contribution >= 0.6 is 0 Å². The van der Waals surface area contributed by atoms with E-state index in [1.54, 1.807) is 53.3 Å². The van der Waals surface area contributed by atoms with Crippen LogP contribution in [0.3, 0.4) is 0 Å². The Morgan fingerprint density at radius 3 is 2.60 bits per heavy atom. The predicted octanol–water partition coefficient (Wildman–Crippen LogP) is 5.84. The fourth-order valence-electron chi connectivity index (χ4n) is 3.22. The van der Waals surface area contributed by atoms with Gasteiger partial charge in [0.15, 0.2) is 0 Å². The van der Waals surface area contributed by atoms with E-state index in [4.69, 9.17) is 0 Å². The number of amides is 1. The van der Waals surface area contributed by atoms with Gasteiger partial charge in [-0.1, -0.05) is 43.0 Å². The Bertz CT molecular complexity index is 1260. The Hall–Kier alpha value is -3.87. The van der Waals surface area contributed by atoms with Crippen LogP contribution < -0.4 is 5.32 Å². The molecule has 7 heteroatoms. The minimum atomic E-state index is -4.44. The molecule has 1 amide bonds. The average molecular weight is 407 g/mol. The highest BCUT2D eigenvalue weighted by molar-refractivity contribution is 5.99. The van der Waals surface area contributed by atoms with E-state index < -0.39 is 11.7 Å². The standard InChI is InChI=1S/C23H16F3N3O/c1-2-22(30)27-17-6-5-7-18(13-17)29-14-16-11-10-15(12-21(16)28-29)19-8-3-4-9-20(19)23(24,25)26/h2-14H,1H2,(H,27,30). The molecule has 3 aromatic carbocycles. The molecule has 1 heterocycles. The third kappa shape index (κ3) is 3.82. The van der Waals surface area contributed by atoms with Crippen LogP contribution in [-0.2, 0) is 11.0 Å². The van der Waals surface area contributed by atoms with Crippen LogP contribution in [0.4, 0.5) is 18.9 Å². The first kappa shape index (κ1) is 19.4. The number of fused-ring (bicyclic) bond motifs is 1. The van der Waals surface area contributed by atoms with Gasteiger partial charge in [0.05, 0.1) is 16.8 Å². The molecule has 0 aliphatic heterocycles. The molecule has 0 radical (unpaired) electrons. The number of carbonyl (C=O) groups is 1. The number of hydrogen-bond donors (Lipinski definition) is 1. The molecule has 1 aromatic heterocycles. The maximum atomic E-state index is 13.4. The number of anilines is 1. The number of carbonyl (C=O) groups excluding carboxylic acids is 1. The Labute approximate surface area is 170 Å². The lowest BCUT2D eigenvalue weighted by atomic mass is 9.98. The normalized spacial score (nSPS) is 11.4.